The van der Waals surface area contributed by atoms with Gasteiger partial charge in [-0.15, -0.1) is 0 Å². The molecule has 3 heteroatoms. The Morgan fingerprint density at radius 1 is 1.27 bits per heavy atom. The lowest BCUT2D eigenvalue weighted by atomic mass is 9.97. The SMILES string of the molecule is O=CCCCC#Cc1cc(C2CCCCO2)ccc1C#CI. The molecule has 0 N–H and O–H groups in total. The van der Waals surface area contributed by atoms with Gasteiger partial charge in [0.15, 0.2) is 0 Å². The number of unbranched alkanes of at least 4 members (excludes halogenated alkanes) is 2. The lowest BCUT2D eigenvalue weighted by Gasteiger charge is -2.23. The van der Waals surface area contributed by atoms with Crippen LogP contribution in [0, 0.1) is 21.7 Å². The minimum absolute atomic E-state index is 0.186. The number of hydrogen-bond donors (Lipinski definition) is 0. The van der Waals surface area contributed by atoms with E-state index in [2.05, 4.69) is 33.8 Å². The van der Waals surface area contributed by atoms with Crippen LogP contribution in [-0.2, 0) is 9.53 Å². The molecular formula is C19H19IO2. The zero-order valence-electron chi connectivity index (χ0n) is 12.5. The van der Waals surface area contributed by atoms with Crippen molar-refractivity contribution in [1.29, 1.82) is 0 Å². The second-order valence-corrected chi connectivity index (χ2v) is 5.78. The maximum absolute atomic E-state index is 10.3. The largest absolute Gasteiger partial charge is 0.374 e. The van der Waals surface area contributed by atoms with Crippen molar-refractivity contribution < 1.29 is 9.53 Å². The molecule has 1 heterocycles. The van der Waals surface area contributed by atoms with Crippen molar-refractivity contribution in [3.05, 3.63) is 34.9 Å². The fourth-order valence-corrected chi connectivity index (χ4v) is 2.75. The summed E-state index contributed by atoms with van der Waals surface area (Å²) in [7, 11) is 0. The van der Waals surface area contributed by atoms with E-state index in [0.717, 1.165) is 49.7 Å². The van der Waals surface area contributed by atoms with E-state index in [-0.39, 0.29) is 6.10 Å². The normalized spacial score (nSPS) is 16.9. The van der Waals surface area contributed by atoms with Crippen LogP contribution >= 0.6 is 22.6 Å². The number of ether oxygens (including phenoxy) is 1. The van der Waals surface area contributed by atoms with E-state index in [1.54, 1.807) is 0 Å². The number of hydrogen-bond acceptors (Lipinski definition) is 2. The first kappa shape index (κ1) is 17.1. The van der Waals surface area contributed by atoms with Gasteiger partial charge < -0.3 is 9.53 Å². The first-order valence-corrected chi connectivity index (χ1v) is 8.72. The van der Waals surface area contributed by atoms with Crippen LogP contribution in [0.2, 0.25) is 0 Å². The molecule has 0 radical (unpaired) electrons. The zero-order chi connectivity index (χ0) is 15.6. The van der Waals surface area contributed by atoms with Gasteiger partial charge >= 0.3 is 0 Å². The summed E-state index contributed by atoms with van der Waals surface area (Å²) in [5.74, 6) is 9.45. The molecule has 1 atom stereocenters. The van der Waals surface area contributed by atoms with Gasteiger partial charge in [-0.05, 0) is 47.3 Å². The molecule has 1 aliphatic rings. The summed E-state index contributed by atoms with van der Waals surface area (Å²) in [6, 6.07) is 6.25. The van der Waals surface area contributed by atoms with Crippen LogP contribution < -0.4 is 0 Å². The van der Waals surface area contributed by atoms with Crippen LogP contribution in [0.4, 0.5) is 0 Å². The van der Waals surface area contributed by atoms with Crippen LogP contribution in [0.15, 0.2) is 18.2 Å². The van der Waals surface area contributed by atoms with Crippen molar-refractivity contribution in [1.82, 2.24) is 0 Å². The summed E-state index contributed by atoms with van der Waals surface area (Å²) in [6.07, 6.45) is 6.69. The summed E-state index contributed by atoms with van der Waals surface area (Å²) in [5, 5.41) is 0. The van der Waals surface area contributed by atoms with E-state index in [4.69, 9.17) is 4.74 Å². The summed E-state index contributed by atoms with van der Waals surface area (Å²) < 4.78 is 8.76. The van der Waals surface area contributed by atoms with E-state index in [9.17, 15) is 4.79 Å². The summed E-state index contributed by atoms with van der Waals surface area (Å²) in [5.41, 5.74) is 3.11. The minimum atomic E-state index is 0.186. The molecule has 0 amide bonds. The number of aldehydes is 1. The molecule has 1 aromatic rings. The number of carbonyl (C=O) groups excluding carboxylic acids is 1. The second kappa shape index (κ2) is 9.66. The minimum Gasteiger partial charge on any atom is -0.374 e. The number of carbonyl (C=O) groups is 1. The Morgan fingerprint density at radius 2 is 2.18 bits per heavy atom. The van der Waals surface area contributed by atoms with Gasteiger partial charge in [-0.3, -0.25) is 0 Å². The van der Waals surface area contributed by atoms with Crippen LogP contribution in [0.5, 0.6) is 0 Å². The molecule has 2 rings (SSSR count). The van der Waals surface area contributed by atoms with E-state index >= 15 is 0 Å². The Morgan fingerprint density at radius 3 is 2.91 bits per heavy atom. The monoisotopic (exact) mass is 406 g/mol. The Hall–Kier alpha value is -1.30. The van der Waals surface area contributed by atoms with Gasteiger partial charge in [0.2, 0.25) is 0 Å². The maximum Gasteiger partial charge on any atom is 0.120 e. The highest BCUT2D eigenvalue weighted by molar-refractivity contribution is 14.1. The topological polar surface area (TPSA) is 26.3 Å². The Labute approximate surface area is 146 Å². The quantitative estimate of drug-likeness (QED) is 0.321. The summed E-state index contributed by atoms with van der Waals surface area (Å²) in [6.45, 7) is 0.840. The van der Waals surface area contributed by atoms with Gasteiger partial charge in [-0.2, -0.15) is 0 Å². The summed E-state index contributed by atoms with van der Waals surface area (Å²) in [4.78, 5) is 10.3. The third-order valence-electron chi connectivity index (χ3n) is 3.62. The first-order chi connectivity index (χ1) is 10.8. The first-order valence-electron chi connectivity index (χ1n) is 7.65. The van der Waals surface area contributed by atoms with E-state index < -0.39 is 0 Å². The predicted molar refractivity (Wildman–Crippen MR) is 96.7 cm³/mol. The maximum atomic E-state index is 10.3. The molecule has 0 bridgehead atoms. The van der Waals surface area contributed by atoms with Gasteiger partial charge in [0.05, 0.1) is 6.10 Å². The Kier molecular flexibility index (Phi) is 7.49. The third-order valence-corrected chi connectivity index (χ3v) is 3.89. The zero-order valence-corrected chi connectivity index (χ0v) is 14.7. The average Bonchev–Trinajstić information content (AvgIpc) is 2.57. The van der Waals surface area contributed by atoms with Crippen molar-refractivity contribution in [3.63, 3.8) is 0 Å². The van der Waals surface area contributed by atoms with Crippen LogP contribution in [-0.4, -0.2) is 12.9 Å². The molecule has 0 aromatic heterocycles. The molecule has 0 spiro atoms. The average molecular weight is 406 g/mol. The van der Waals surface area contributed by atoms with Gasteiger partial charge in [0, 0.05) is 53.2 Å². The molecule has 0 aliphatic carbocycles. The van der Waals surface area contributed by atoms with Gasteiger partial charge in [-0.1, -0.05) is 23.8 Å². The Balaban J connectivity index is 2.18. The van der Waals surface area contributed by atoms with Crippen molar-refractivity contribution in [2.24, 2.45) is 0 Å². The molecule has 0 saturated carbocycles. The fraction of sp³-hybridized carbons (Fsp3) is 0.421. The molecule has 1 aliphatic heterocycles. The third kappa shape index (κ3) is 5.16. The number of halogens is 1. The molecule has 1 aromatic carbocycles. The highest BCUT2D eigenvalue weighted by atomic mass is 127. The highest BCUT2D eigenvalue weighted by Gasteiger charge is 2.16. The molecule has 22 heavy (non-hydrogen) atoms. The fourth-order valence-electron chi connectivity index (χ4n) is 2.46. The van der Waals surface area contributed by atoms with Gasteiger partial charge in [-0.25, -0.2) is 0 Å². The Bertz CT molecular complexity index is 622. The number of benzene rings is 1. The van der Waals surface area contributed by atoms with E-state index in [1.165, 1.54) is 12.0 Å². The molecular weight excluding hydrogens is 387 g/mol. The molecule has 1 unspecified atom stereocenters. The van der Waals surface area contributed by atoms with Crippen molar-refractivity contribution >= 4 is 28.9 Å². The molecule has 114 valence electrons. The van der Waals surface area contributed by atoms with Crippen LogP contribution in [0.1, 0.15) is 61.3 Å². The number of rotatable bonds is 4. The van der Waals surface area contributed by atoms with Crippen molar-refractivity contribution in [2.45, 2.75) is 44.6 Å². The standard InChI is InChI=1S/C19H19IO2/c20-12-11-16-9-10-18(19-8-4-6-14-22-19)15-17(16)7-3-1-2-5-13-21/h9-10,13,15,19H,1-2,4-6,8,14H2. The molecule has 1 saturated heterocycles. The predicted octanol–water partition coefficient (Wildman–Crippen LogP) is 4.39. The van der Waals surface area contributed by atoms with Crippen LogP contribution in [0.25, 0.3) is 0 Å². The van der Waals surface area contributed by atoms with Gasteiger partial charge in [0.25, 0.3) is 0 Å². The second-order valence-electron chi connectivity index (χ2n) is 5.24. The van der Waals surface area contributed by atoms with E-state index in [0.29, 0.717) is 6.42 Å². The lowest BCUT2D eigenvalue weighted by molar-refractivity contribution is -0.107. The van der Waals surface area contributed by atoms with Crippen molar-refractivity contribution in [3.8, 4) is 21.7 Å². The summed E-state index contributed by atoms with van der Waals surface area (Å²) >= 11 is 2.04. The highest BCUT2D eigenvalue weighted by Crippen LogP contribution is 2.28. The lowest BCUT2D eigenvalue weighted by Crippen LogP contribution is -2.11. The van der Waals surface area contributed by atoms with Gasteiger partial charge in [0.1, 0.15) is 6.29 Å². The van der Waals surface area contributed by atoms with Crippen molar-refractivity contribution in [2.75, 3.05) is 6.61 Å². The van der Waals surface area contributed by atoms with E-state index in [1.807, 2.05) is 28.7 Å². The smallest absolute Gasteiger partial charge is 0.120 e. The molecule has 2 nitrogen and oxygen atoms in total. The molecule has 1 fully saturated rings. The van der Waals surface area contributed by atoms with Crippen LogP contribution in [0.3, 0.4) is 0 Å².